The zero-order chi connectivity index (χ0) is 15.7. The molecule has 1 aliphatic heterocycles. The molecule has 0 aromatic rings. The van der Waals surface area contributed by atoms with Crippen LogP contribution in [0.1, 0.15) is 48.5 Å². The normalized spacial score (nSPS) is 23.2. The molecule has 1 rings (SSSR count). The van der Waals surface area contributed by atoms with E-state index in [2.05, 4.69) is 90.3 Å². The van der Waals surface area contributed by atoms with E-state index in [1.54, 1.807) is 0 Å². The fourth-order valence-corrected chi connectivity index (χ4v) is 3.10. The molecule has 0 radical (unpaired) electrons. The van der Waals surface area contributed by atoms with Gasteiger partial charge in [-0.2, -0.15) is 0 Å². The minimum Gasteiger partial charge on any atom is -0.306 e. The van der Waals surface area contributed by atoms with Crippen molar-refractivity contribution in [2.24, 2.45) is 11.3 Å². The molecule has 2 heteroatoms. The first kappa shape index (κ1) is 17.0. The Kier molecular flexibility index (Phi) is 5.26. The van der Waals surface area contributed by atoms with Crippen LogP contribution in [-0.2, 0) is 0 Å². The Morgan fingerprint density at radius 3 is 2.25 bits per heavy atom. The third kappa shape index (κ3) is 3.17. The van der Waals surface area contributed by atoms with Gasteiger partial charge in [0.15, 0.2) is 0 Å². The number of hydrogen-bond donors (Lipinski definition) is 0. The first-order valence-corrected chi connectivity index (χ1v) is 7.64. The summed E-state index contributed by atoms with van der Waals surface area (Å²) in [5.74, 6) is 0.303. The van der Waals surface area contributed by atoms with Gasteiger partial charge in [-0.1, -0.05) is 38.5 Å². The zero-order valence-electron chi connectivity index (χ0n) is 14.6. The van der Waals surface area contributed by atoms with Crippen LogP contribution in [0.3, 0.4) is 0 Å². The molecule has 1 aliphatic rings. The lowest BCUT2D eigenvalue weighted by molar-refractivity contribution is -0.0272. The number of hydrazine groups is 1. The molecule has 1 heterocycles. The van der Waals surface area contributed by atoms with E-state index in [4.69, 9.17) is 0 Å². The molecule has 114 valence electrons. The van der Waals surface area contributed by atoms with Gasteiger partial charge in [0, 0.05) is 24.7 Å². The molecule has 0 amide bonds. The molecule has 0 saturated heterocycles. The number of likely N-dealkylation sites (N-methyl/N-ethyl adjacent to an activating group) is 1. The molecule has 0 aliphatic carbocycles. The largest absolute Gasteiger partial charge is 0.306 e. The van der Waals surface area contributed by atoms with Crippen molar-refractivity contribution < 1.29 is 0 Å². The topological polar surface area (TPSA) is 6.48 Å². The van der Waals surface area contributed by atoms with Crippen LogP contribution in [0, 0.1) is 11.3 Å². The fourth-order valence-electron chi connectivity index (χ4n) is 3.10. The summed E-state index contributed by atoms with van der Waals surface area (Å²) in [6.07, 6.45) is 6.69. The Balaban J connectivity index is 3.27. The van der Waals surface area contributed by atoms with Crippen molar-refractivity contribution in [3.63, 3.8) is 0 Å². The highest BCUT2D eigenvalue weighted by Gasteiger charge is 2.39. The molecule has 2 atom stereocenters. The van der Waals surface area contributed by atoms with E-state index in [-0.39, 0.29) is 5.41 Å². The maximum Gasteiger partial charge on any atom is 0.0539 e. The highest BCUT2D eigenvalue weighted by atomic mass is 15.7. The number of allylic oxidation sites excluding steroid dienone is 2. The van der Waals surface area contributed by atoms with E-state index in [9.17, 15) is 0 Å². The van der Waals surface area contributed by atoms with Gasteiger partial charge >= 0.3 is 0 Å². The lowest BCUT2D eigenvalue weighted by Gasteiger charge is -2.41. The molecule has 2 unspecified atom stereocenters. The van der Waals surface area contributed by atoms with Crippen LogP contribution >= 0.6 is 0 Å². The van der Waals surface area contributed by atoms with Gasteiger partial charge < -0.3 is 5.01 Å². The van der Waals surface area contributed by atoms with Crippen LogP contribution in [0.5, 0.6) is 0 Å². The highest BCUT2D eigenvalue weighted by molar-refractivity contribution is 5.29. The lowest BCUT2D eigenvalue weighted by Crippen LogP contribution is -2.48. The fraction of sp³-hybridized carbons (Fsp3) is 0.667. The lowest BCUT2D eigenvalue weighted by atomic mass is 9.85. The predicted molar refractivity (Wildman–Crippen MR) is 89.2 cm³/mol. The van der Waals surface area contributed by atoms with E-state index in [0.29, 0.717) is 18.0 Å². The van der Waals surface area contributed by atoms with Gasteiger partial charge in [0.2, 0.25) is 0 Å². The maximum absolute atomic E-state index is 4.05. The van der Waals surface area contributed by atoms with Crippen molar-refractivity contribution in [2.75, 3.05) is 7.05 Å². The van der Waals surface area contributed by atoms with Crippen LogP contribution in [0.4, 0.5) is 0 Å². The second kappa shape index (κ2) is 6.17. The van der Waals surface area contributed by atoms with E-state index < -0.39 is 0 Å². The first-order chi connectivity index (χ1) is 9.15. The molecule has 20 heavy (non-hydrogen) atoms. The first-order valence-electron chi connectivity index (χ1n) is 7.64. The molecular formula is C18H32N2. The van der Waals surface area contributed by atoms with Crippen LogP contribution < -0.4 is 0 Å². The SMILES string of the molecule is C=CC(C(C)=CC)C1=CC(C(C)(C)C)N(C)N1C(C)C. The van der Waals surface area contributed by atoms with Gasteiger partial charge in [-0.3, -0.25) is 0 Å². The molecule has 0 bridgehead atoms. The van der Waals surface area contributed by atoms with Crippen LogP contribution in [0.25, 0.3) is 0 Å². The Bertz CT molecular complexity index is 410. The average Bonchev–Trinajstić information content (AvgIpc) is 2.67. The van der Waals surface area contributed by atoms with Crippen molar-refractivity contribution in [1.29, 1.82) is 0 Å². The van der Waals surface area contributed by atoms with E-state index in [0.717, 1.165) is 0 Å². The number of hydrogen-bond acceptors (Lipinski definition) is 2. The van der Waals surface area contributed by atoms with Gasteiger partial charge in [-0.15, -0.1) is 6.58 Å². The molecule has 0 spiro atoms. The van der Waals surface area contributed by atoms with Crippen molar-refractivity contribution in [2.45, 2.75) is 60.5 Å². The van der Waals surface area contributed by atoms with Crippen molar-refractivity contribution in [3.05, 3.63) is 36.1 Å². The van der Waals surface area contributed by atoms with Crippen LogP contribution in [-0.4, -0.2) is 29.1 Å². The molecule has 0 aromatic heterocycles. The Hall–Kier alpha value is -1.02. The van der Waals surface area contributed by atoms with Gasteiger partial charge in [0.05, 0.1) is 6.04 Å². The maximum atomic E-state index is 4.05. The summed E-state index contributed by atoms with van der Waals surface area (Å²) in [5.41, 5.74) is 2.95. The quantitative estimate of drug-likeness (QED) is 0.691. The summed E-state index contributed by atoms with van der Waals surface area (Å²) in [6.45, 7) is 19.8. The van der Waals surface area contributed by atoms with Gasteiger partial charge in [0.1, 0.15) is 0 Å². The van der Waals surface area contributed by atoms with E-state index in [1.165, 1.54) is 11.3 Å². The van der Waals surface area contributed by atoms with E-state index >= 15 is 0 Å². The van der Waals surface area contributed by atoms with Gasteiger partial charge in [-0.25, -0.2) is 5.01 Å². The summed E-state index contributed by atoms with van der Waals surface area (Å²) in [4.78, 5) is 0. The molecular weight excluding hydrogens is 244 g/mol. The highest BCUT2D eigenvalue weighted by Crippen LogP contribution is 2.38. The second-order valence-electron chi connectivity index (χ2n) is 7.16. The van der Waals surface area contributed by atoms with Gasteiger partial charge in [0.25, 0.3) is 0 Å². The monoisotopic (exact) mass is 276 g/mol. The summed E-state index contributed by atoms with van der Waals surface area (Å²) < 4.78 is 0. The minimum absolute atomic E-state index is 0.221. The summed E-state index contributed by atoms with van der Waals surface area (Å²) in [5, 5.41) is 4.81. The summed E-state index contributed by atoms with van der Waals surface area (Å²) >= 11 is 0. The van der Waals surface area contributed by atoms with E-state index in [1.807, 2.05) is 0 Å². The second-order valence-corrected chi connectivity index (χ2v) is 7.16. The standard InChI is InChI=1S/C18H32N2/c1-10-14(5)15(11-2)16-12-17(18(6,7)8)19(9)20(16)13(3)4/h10-13,15,17H,2H2,1,3-9H3. The number of rotatable bonds is 4. The van der Waals surface area contributed by atoms with Crippen molar-refractivity contribution >= 4 is 0 Å². The third-order valence-corrected chi connectivity index (χ3v) is 4.21. The summed E-state index contributed by atoms with van der Waals surface area (Å²) in [7, 11) is 2.20. The summed E-state index contributed by atoms with van der Waals surface area (Å²) in [6, 6.07) is 0.873. The van der Waals surface area contributed by atoms with Crippen LogP contribution in [0.15, 0.2) is 36.1 Å². The predicted octanol–water partition coefficient (Wildman–Crippen LogP) is 4.62. The molecule has 0 aromatic carbocycles. The minimum atomic E-state index is 0.221. The number of nitrogens with zero attached hydrogens (tertiary/aromatic N) is 2. The Morgan fingerprint density at radius 1 is 1.35 bits per heavy atom. The Morgan fingerprint density at radius 2 is 1.90 bits per heavy atom. The van der Waals surface area contributed by atoms with Crippen molar-refractivity contribution in [3.8, 4) is 0 Å². The van der Waals surface area contributed by atoms with Crippen LogP contribution in [0.2, 0.25) is 0 Å². The molecule has 2 nitrogen and oxygen atoms in total. The zero-order valence-corrected chi connectivity index (χ0v) is 14.6. The molecule has 0 fully saturated rings. The molecule has 0 saturated carbocycles. The van der Waals surface area contributed by atoms with Gasteiger partial charge in [-0.05, 0) is 39.2 Å². The average molecular weight is 276 g/mol. The Labute approximate surface area is 125 Å². The third-order valence-electron chi connectivity index (χ3n) is 4.21. The van der Waals surface area contributed by atoms with Crippen molar-refractivity contribution in [1.82, 2.24) is 10.0 Å². The molecule has 0 N–H and O–H groups in total. The smallest absolute Gasteiger partial charge is 0.0539 e.